The van der Waals surface area contributed by atoms with Crippen molar-refractivity contribution in [3.8, 4) is 56.0 Å². The molecule has 242 valence electrons. The summed E-state index contributed by atoms with van der Waals surface area (Å²) in [6.45, 7) is 4.70. The summed E-state index contributed by atoms with van der Waals surface area (Å²) in [7, 11) is 0. The van der Waals surface area contributed by atoms with E-state index >= 15 is 0 Å². The number of para-hydroxylation sites is 1. The lowest BCUT2D eigenvalue weighted by atomic mass is 9.82. The van der Waals surface area contributed by atoms with Gasteiger partial charge in [0.15, 0.2) is 0 Å². The van der Waals surface area contributed by atoms with E-state index in [-0.39, 0.29) is 5.41 Å². The van der Waals surface area contributed by atoms with Crippen molar-refractivity contribution < 1.29 is 4.74 Å². The fourth-order valence-electron chi connectivity index (χ4n) is 8.41. The molecule has 0 fully saturated rings. The van der Waals surface area contributed by atoms with Gasteiger partial charge in [-0.3, -0.25) is 0 Å². The summed E-state index contributed by atoms with van der Waals surface area (Å²) < 4.78 is 6.73. The lowest BCUT2D eigenvalue weighted by molar-refractivity contribution is 0.488. The monoisotopic (exact) mass is 653 g/mol. The topological polar surface area (TPSA) is 12.5 Å². The summed E-state index contributed by atoms with van der Waals surface area (Å²) in [5.74, 6) is 1.74. The first-order valence-corrected chi connectivity index (χ1v) is 17.7. The molecule has 8 aromatic carbocycles. The standard InChI is InChI=1S/C49H35NO/c1-49(2)42-19-10-8-18-40(42)48-43(49)20-12-21-44(48)50(35-26-23-33(24-27-35)32-13-4-3-5-14-32)36-28-29-39-41(31-36)38-17-9-11-22-45(38)51-46-30-25-34-15-6-7-16-37(34)47(39)46/h3-31H,1-2H3. The normalized spacial score (nSPS) is 13.2. The number of fused-ring (bicyclic) bond motifs is 10. The Morgan fingerprint density at radius 2 is 1.12 bits per heavy atom. The van der Waals surface area contributed by atoms with Gasteiger partial charge >= 0.3 is 0 Å². The molecule has 1 aliphatic heterocycles. The van der Waals surface area contributed by atoms with Crippen LogP contribution in [0.25, 0.3) is 55.3 Å². The zero-order chi connectivity index (χ0) is 34.1. The molecule has 2 aliphatic rings. The Morgan fingerprint density at radius 1 is 0.431 bits per heavy atom. The van der Waals surface area contributed by atoms with Crippen molar-refractivity contribution in [2.45, 2.75) is 19.3 Å². The molecule has 1 heterocycles. The molecule has 1 aliphatic carbocycles. The van der Waals surface area contributed by atoms with Gasteiger partial charge in [0, 0.05) is 33.5 Å². The maximum absolute atomic E-state index is 6.73. The molecule has 0 saturated carbocycles. The van der Waals surface area contributed by atoms with Gasteiger partial charge in [-0.15, -0.1) is 0 Å². The van der Waals surface area contributed by atoms with Crippen molar-refractivity contribution in [3.63, 3.8) is 0 Å². The number of benzene rings is 8. The Kier molecular flexibility index (Phi) is 6.56. The smallest absolute Gasteiger partial charge is 0.135 e. The number of rotatable bonds is 4. The molecular weight excluding hydrogens is 619 g/mol. The maximum atomic E-state index is 6.73. The van der Waals surface area contributed by atoms with Gasteiger partial charge in [0.25, 0.3) is 0 Å². The van der Waals surface area contributed by atoms with E-state index in [0.29, 0.717) is 0 Å². The molecule has 0 amide bonds. The SMILES string of the molecule is CC1(C)c2ccccc2-c2c(N(c3ccc(-c4ccccc4)cc3)c3ccc4c(c3)-c3ccccc3Oc3ccc5ccccc5c3-4)cccc21. The van der Waals surface area contributed by atoms with Crippen LogP contribution in [0.3, 0.4) is 0 Å². The third-order valence-corrected chi connectivity index (χ3v) is 10.9. The summed E-state index contributed by atoms with van der Waals surface area (Å²) in [5, 5.41) is 2.38. The molecule has 0 atom stereocenters. The molecule has 10 rings (SSSR count). The minimum absolute atomic E-state index is 0.112. The van der Waals surface area contributed by atoms with Gasteiger partial charge in [0.2, 0.25) is 0 Å². The number of hydrogen-bond donors (Lipinski definition) is 0. The average molecular weight is 654 g/mol. The van der Waals surface area contributed by atoms with Crippen LogP contribution in [0.4, 0.5) is 17.1 Å². The molecule has 0 unspecified atom stereocenters. The molecule has 2 heteroatoms. The fraction of sp³-hybridized carbons (Fsp3) is 0.0612. The van der Waals surface area contributed by atoms with Gasteiger partial charge in [-0.05, 0) is 92.2 Å². The lowest BCUT2D eigenvalue weighted by Crippen LogP contribution is -2.16. The van der Waals surface area contributed by atoms with E-state index in [1.54, 1.807) is 0 Å². The Balaban J connectivity index is 1.24. The van der Waals surface area contributed by atoms with Crippen LogP contribution in [0.15, 0.2) is 176 Å². The maximum Gasteiger partial charge on any atom is 0.135 e. The van der Waals surface area contributed by atoms with Crippen LogP contribution < -0.4 is 9.64 Å². The van der Waals surface area contributed by atoms with Crippen LogP contribution in [0.2, 0.25) is 0 Å². The minimum Gasteiger partial charge on any atom is -0.456 e. The van der Waals surface area contributed by atoms with Crippen LogP contribution in [-0.2, 0) is 5.41 Å². The molecule has 8 aromatic rings. The highest BCUT2D eigenvalue weighted by atomic mass is 16.5. The van der Waals surface area contributed by atoms with Crippen molar-refractivity contribution in [1.82, 2.24) is 0 Å². The van der Waals surface area contributed by atoms with E-state index in [1.165, 1.54) is 55.4 Å². The number of anilines is 3. The molecule has 0 spiro atoms. The summed E-state index contributed by atoms with van der Waals surface area (Å²) in [4.78, 5) is 2.45. The molecule has 0 aromatic heterocycles. The van der Waals surface area contributed by atoms with Crippen molar-refractivity contribution in [2.75, 3.05) is 4.90 Å². The minimum atomic E-state index is -0.112. The van der Waals surface area contributed by atoms with E-state index in [9.17, 15) is 0 Å². The quantitative estimate of drug-likeness (QED) is 0.187. The van der Waals surface area contributed by atoms with Crippen molar-refractivity contribution in [2.24, 2.45) is 0 Å². The fourth-order valence-corrected chi connectivity index (χ4v) is 8.41. The van der Waals surface area contributed by atoms with E-state index in [2.05, 4.69) is 195 Å². The number of nitrogens with zero attached hydrogens (tertiary/aromatic N) is 1. The van der Waals surface area contributed by atoms with Crippen LogP contribution in [0.1, 0.15) is 25.0 Å². The number of hydrogen-bond acceptors (Lipinski definition) is 2. The Hall–Kier alpha value is -6.38. The Bertz CT molecular complexity index is 2630. The van der Waals surface area contributed by atoms with E-state index < -0.39 is 0 Å². The van der Waals surface area contributed by atoms with Gasteiger partial charge in [0.1, 0.15) is 11.5 Å². The van der Waals surface area contributed by atoms with Gasteiger partial charge in [-0.1, -0.05) is 147 Å². The average Bonchev–Trinajstić information content (AvgIpc) is 3.32. The molecule has 51 heavy (non-hydrogen) atoms. The van der Waals surface area contributed by atoms with E-state index in [1.807, 2.05) is 0 Å². The number of ether oxygens (including phenoxy) is 1. The third kappa shape index (κ3) is 4.57. The van der Waals surface area contributed by atoms with Crippen LogP contribution in [0.5, 0.6) is 11.5 Å². The summed E-state index contributed by atoms with van der Waals surface area (Å²) in [6, 6.07) is 63.6. The highest BCUT2D eigenvalue weighted by Crippen LogP contribution is 2.55. The molecule has 0 bridgehead atoms. The van der Waals surface area contributed by atoms with Gasteiger partial charge < -0.3 is 9.64 Å². The van der Waals surface area contributed by atoms with E-state index in [0.717, 1.165) is 39.6 Å². The third-order valence-electron chi connectivity index (χ3n) is 10.9. The Morgan fingerprint density at radius 3 is 1.98 bits per heavy atom. The summed E-state index contributed by atoms with van der Waals surface area (Å²) >= 11 is 0. The first kappa shape index (κ1) is 29.5. The van der Waals surface area contributed by atoms with E-state index in [4.69, 9.17) is 4.74 Å². The molecule has 2 nitrogen and oxygen atoms in total. The second-order valence-corrected chi connectivity index (χ2v) is 14.1. The Labute approximate surface area is 298 Å². The second-order valence-electron chi connectivity index (χ2n) is 14.1. The van der Waals surface area contributed by atoms with Gasteiger partial charge in [0.05, 0.1) is 5.69 Å². The largest absolute Gasteiger partial charge is 0.456 e. The van der Waals surface area contributed by atoms with Crippen molar-refractivity contribution in [1.29, 1.82) is 0 Å². The van der Waals surface area contributed by atoms with Gasteiger partial charge in [-0.2, -0.15) is 0 Å². The summed E-state index contributed by atoms with van der Waals surface area (Å²) in [5.41, 5.74) is 15.5. The van der Waals surface area contributed by atoms with Crippen LogP contribution >= 0.6 is 0 Å². The molecular formula is C49H35NO. The lowest BCUT2D eigenvalue weighted by Gasteiger charge is -2.29. The highest BCUT2D eigenvalue weighted by Gasteiger charge is 2.38. The first-order valence-electron chi connectivity index (χ1n) is 17.7. The summed E-state index contributed by atoms with van der Waals surface area (Å²) in [6.07, 6.45) is 0. The van der Waals surface area contributed by atoms with Crippen molar-refractivity contribution >= 4 is 27.8 Å². The van der Waals surface area contributed by atoms with Crippen LogP contribution in [-0.4, -0.2) is 0 Å². The molecule has 0 saturated heterocycles. The van der Waals surface area contributed by atoms with Crippen molar-refractivity contribution in [3.05, 3.63) is 187 Å². The first-order chi connectivity index (χ1) is 25.1. The zero-order valence-corrected chi connectivity index (χ0v) is 28.6. The highest BCUT2D eigenvalue weighted by molar-refractivity contribution is 6.06. The molecule has 0 N–H and O–H groups in total. The van der Waals surface area contributed by atoms with Crippen LogP contribution in [0, 0.1) is 0 Å². The predicted octanol–water partition coefficient (Wildman–Crippen LogP) is 13.7. The molecule has 0 radical (unpaired) electrons. The zero-order valence-electron chi connectivity index (χ0n) is 28.6. The van der Waals surface area contributed by atoms with Gasteiger partial charge in [-0.25, -0.2) is 0 Å². The predicted molar refractivity (Wildman–Crippen MR) is 213 cm³/mol. The second kappa shape index (κ2) is 11.3.